The van der Waals surface area contributed by atoms with E-state index < -0.39 is 11.7 Å². The predicted molar refractivity (Wildman–Crippen MR) is 120 cm³/mol. The van der Waals surface area contributed by atoms with Crippen molar-refractivity contribution < 1.29 is 14.4 Å². The molecule has 32 heavy (non-hydrogen) atoms. The molecule has 0 unspecified atom stereocenters. The third-order valence-electron chi connectivity index (χ3n) is 5.78. The molecule has 0 radical (unpaired) electrons. The summed E-state index contributed by atoms with van der Waals surface area (Å²) >= 11 is 0. The van der Waals surface area contributed by atoms with Crippen molar-refractivity contribution in [3.63, 3.8) is 0 Å². The second-order valence-corrected chi connectivity index (χ2v) is 7.89. The Hall–Kier alpha value is -3.81. The molecule has 1 fully saturated rings. The number of rotatable bonds is 5. The molecule has 8 nitrogen and oxygen atoms in total. The van der Waals surface area contributed by atoms with Crippen LogP contribution in [0, 0.1) is 19.8 Å². The van der Waals surface area contributed by atoms with E-state index in [4.69, 9.17) is 0 Å². The molecule has 164 valence electrons. The minimum Gasteiger partial charge on any atom is -0.336 e. The van der Waals surface area contributed by atoms with E-state index >= 15 is 0 Å². The van der Waals surface area contributed by atoms with Crippen LogP contribution < -0.4 is 5.32 Å². The van der Waals surface area contributed by atoms with Gasteiger partial charge in [0.15, 0.2) is 0 Å². The molecule has 3 heterocycles. The van der Waals surface area contributed by atoms with E-state index in [2.05, 4.69) is 15.4 Å². The van der Waals surface area contributed by atoms with Gasteiger partial charge in [0.05, 0.1) is 22.6 Å². The maximum absolute atomic E-state index is 13.1. The number of nitrogens with one attached hydrogen (secondary N) is 1. The summed E-state index contributed by atoms with van der Waals surface area (Å²) in [6.45, 7) is 4.24. The molecular weight excluding hydrogens is 406 g/mol. The normalized spacial score (nSPS) is 14.2. The van der Waals surface area contributed by atoms with Gasteiger partial charge < -0.3 is 10.2 Å². The SMILES string of the molecule is Cc1nn(-c2ccccc2)c(C)c1C(=O)C(=O)N1CCC(C(=O)Nc2ccccn2)CC1. The summed E-state index contributed by atoms with van der Waals surface area (Å²) in [5, 5.41) is 7.28. The zero-order chi connectivity index (χ0) is 22.7. The Morgan fingerprint density at radius 1 is 0.969 bits per heavy atom. The number of ketones is 1. The van der Waals surface area contributed by atoms with Crippen LogP contribution in [0.3, 0.4) is 0 Å². The number of pyridine rings is 1. The van der Waals surface area contributed by atoms with Crippen molar-refractivity contribution >= 4 is 23.4 Å². The fraction of sp³-hybridized carbons (Fsp3) is 0.292. The highest BCUT2D eigenvalue weighted by Gasteiger charge is 2.33. The molecule has 0 spiro atoms. The van der Waals surface area contributed by atoms with Crippen molar-refractivity contribution in [1.29, 1.82) is 0 Å². The number of anilines is 1. The molecule has 0 bridgehead atoms. The van der Waals surface area contributed by atoms with E-state index in [-0.39, 0.29) is 11.8 Å². The number of aryl methyl sites for hydroxylation is 1. The molecule has 4 rings (SSSR count). The number of carbonyl (C=O) groups is 3. The number of likely N-dealkylation sites (tertiary alicyclic amines) is 1. The summed E-state index contributed by atoms with van der Waals surface area (Å²) < 4.78 is 1.68. The van der Waals surface area contributed by atoms with Crippen molar-refractivity contribution in [2.24, 2.45) is 5.92 Å². The van der Waals surface area contributed by atoms with Gasteiger partial charge in [0.25, 0.3) is 11.7 Å². The van der Waals surface area contributed by atoms with E-state index in [0.717, 1.165) is 5.69 Å². The number of piperidine rings is 1. The van der Waals surface area contributed by atoms with Crippen LogP contribution in [0.1, 0.15) is 34.6 Å². The first-order chi connectivity index (χ1) is 15.5. The first-order valence-electron chi connectivity index (χ1n) is 10.6. The minimum absolute atomic E-state index is 0.113. The summed E-state index contributed by atoms with van der Waals surface area (Å²) in [6, 6.07) is 14.8. The van der Waals surface area contributed by atoms with Gasteiger partial charge in [0.1, 0.15) is 5.82 Å². The lowest BCUT2D eigenvalue weighted by Gasteiger charge is -2.30. The molecule has 8 heteroatoms. The molecule has 1 aliphatic heterocycles. The number of hydrogen-bond acceptors (Lipinski definition) is 5. The summed E-state index contributed by atoms with van der Waals surface area (Å²) in [5.41, 5.74) is 2.33. The highest BCUT2D eigenvalue weighted by Crippen LogP contribution is 2.22. The summed E-state index contributed by atoms with van der Waals surface area (Å²) in [7, 11) is 0. The Balaban J connectivity index is 1.41. The first-order valence-corrected chi connectivity index (χ1v) is 10.6. The number of nitrogens with zero attached hydrogens (tertiary/aromatic N) is 4. The number of benzene rings is 1. The Labute approximate surface area is 186 Å². The molecule has 0 aliphatic carbocycles. The van der Waals surface area contributed by atoms with Gasteiger partial charge in [-0.15, -0.1) is 0 Å². The van der Waals surface area contributed by atoms with Gasteiger partial charge >= 0.3 is 0 Å². The Kier molecular flexibility index (Phi) is 6.11. The average Bonchev–Trinajstić information content (AvgIpc) is 3.13. The Bertz CT molecular complexity index is 1130. The lowest BCUT2D eigenvalue weighted by molar-refractivity contribution is -0.130. The van der Waals surface area contributed by atoms with Gasteiger partial charge in [-0.05, 0) is 51.0 Å². The first kappa shape index (κ1) is 21.4. The monoisotopic (exact) mass is 431 g/mol. The van der Waals surface area contributed by atoms with E-state index in [9.17, 15) is 14.4 Å². The highest BCUT2D eigenvalue weighted by molar-refractivity contribution is 6.43. The molecular formula is C24H25N5O3. The third-order valence-corrected chi connectivity index (χ3v) is 5.78. The number of para-hydroxylation sites is 1. The number of Topliss-reactive ketones (excluding diaryl/α,β-unsaturated/α-hetero) is 1. The van der Waals surface area contributed by atoms with Crippen LogP contribution in [0.25, 0.3) is 5.69 Å². The fourth-order valence-corrected chi connectivity index (χ4v) is 4.05. The van der Waals surface area contributed by atoms with Crippen molar-refractivity contribution in [2.45, 2.75) is 26.7 Å². The lowest BCUT2D eigenvalue weighted by atomic mass is 9.95. The van der Waals surface area contributed by atoms with Crippen molar-refractivity contribution in [3.05, 3.63) is 71.7 Å². The zero-order valence-corrected chi connectivity index (χ0v) is 18.1. The maximum atomic E-state index is 13.1. The molecule has 3 aromatic rings. The number of carbonyl (C=O) groups excluding carboxylic acids is 3. The van der Waals surface area contributed by atoms with E-state index in [1.54, 1.807) is 42.9 Å². The highest BCUT2D eigenvalue weighted by atomic mass is 16.2. The van der Waals surface area contributed by atoms with E-state index in [1.807, 2.05) is 30.3 Å². The van der Waals surface area contributed by atoms with Crippen LogP contribution in [-0.2, 0) is 9.59 Å². The van der Waals surface area contributed by atoms with Crippen LogP contribution in [0.4, 0.5) is 5.82 Å². The van der Waals surface area contributed by atoms with Crippen LogP contribution in [0.5, 0.6) is 0 Å². The molecule has 0 atom stereocenters. The second-order valence-electron chi connectivity index (χ2n) is 7.89. The van der Waals surface area contributed by atoms with Crippen molar-refractivity contribution in [3.8, 4) is 5.69 Å². The minimum atomic E-state index is -0.557. The van der Waals surface area contributed by atoms with Crippen LogP contribution in [0.15, 0.2) is 54.7 Å². The summed E-state index contributed by atoms with van der Waals surface area (Å²) in [4.78, 5) is 44.1. The van der Waals surface area contributed by atoms with E-state index in [0.29, 0.717) is 48.7 Å². The van der Waals surface area contributed by atoms with Crippen LogP contribution in [0.2, 0.25) is 0 Å². The van der Waals surface area contributed by atoms with Crippen LogP contribution >= 0.6 is 0 Å². The summed E-state index contributed by atoms with van der Waals surface area (Å²) in [5.74, 6) is -0.933. The van der Waals surface area contributed by atoms with Gasteiger partial charge in [0, 0.05) is 25.2 Å². The standard InChI is InChI=1S/C24H25N5O3/c1-16-21(17(2)29(27-16)19-8-4-3-5-9-19)22(30)24(32)28-14-11-18(12-15-28)23(31)26-20-10-6-7-13-25-20/h3-10,13,18H,11-12,14-15H2,1-2H3,(H,25,26,31). The Morgan fingerprint density at radius 2 is 1.66 bits per heavy atom. The molecule has 1 aromatic carbocycles. The third kappa shape index (κ3) is 4.30. The quantitative estimate of drug-likeness (QED) is 0.495. The maximum Gasteiger partial charge on any atom is 0.295 e. The van der Waals surface area contributed by atoms with Gasteiger partial charge in [-0.2, -0.15) is 5.10 Å². The van der Waals surface area contributed by atoms with E-state index in [1.165, 1.54) is 4.90 Å². The topological polar surface area (TPSA) is 97.2 Å². The smallest absolute Gasteiger partial charge is 0.295 e. The predicted octanol–water partition coefficient (Wildman–Crippen LogP) is 2.94. The fourth-order valence-electron chi connectivity index (χ4n) is 4.05. The molecule has 2 aromatic heterocycles. The number of hydrogen-bond donors (Lipinski definition) is 1. The lowest BCUT2D eigenvalue weighted by Crippen LogP contribution is -2.44. The van der Waals surface area contributed by atoms with Crippen molar-refractivity contribution in [1.82, 2.24) is 19.7 Å². The van der Waals surface area contributed by atoms with Gasteiger partial charge in [-0.3, -0.25) is 14.4 Å². The molecule has 0 saturated carbocycles. The average molecular weight is 431 g/mol. The largest absolute Gasteiger partial charge is 0.336 e. The molecule has 2 amide bonds. The second kappa shape index (κ2) is 9.13. The molecule has 1 aliphatic rings. The number of amides is 2. The summed E-state index contributed by atoms with van der Waals surface area (Å²) in [6.07, 6.45) is 2.62. The number of aromatic nitrogens is 3. The van der Waals surface area contributed by atoms with Gasteiger partial charge in [-0.25, -0.2) is 9.67 Å². The van der Waals surface area contributed by atoms with Crippen molar-refractivity contribution in [2.75, 3.05) is 18.4 Å². The zero-order valence-electron chi connectivity index (χ0n) is 18.1. The Morgan fingerprint density at radius 3 is 2.31 bits per heavy atom. The molecule has 1 saturated heterocycles. The van der Waals surface area contributed by atoms with Gasteiger partial charge in [0.2, 0.25) is 5.91 Å². The molecule has 1 N–H and O–H groups in total. The van der Waals surface area contributed by atoms with Crippen LogP contribution in [-0.4, -0.2) is 50.4 Å². The van der Waals surface area contributed by atoms with Gasteiger partial charge in [-0.1, -0.05) is 24.3 Å².